The van der Waals surface area contributed by atoms with Crippen molar-refractivity contribution >= 4 is 17.6 Å². The number of carbonyl (C=O) groups excluding carboxylic acids is 2. The average molecular weight is 456 g/mol. The summed E-state index contributed by atoms with van der Waals surface area (Å²) in [5.74, 6) is -0.713. The van der Waals surface area contributed by atoms with Gasteiger partial charge < -0.3 is 21.3 Å². The molecule has 0 aliphatic carbocycles. The van der Waals surface area contributed by atoms with E-state index in [4.69, 9.17) is 5.73 Å². The van der Waals surface area contributed by atoms with Crippen LogP contribution in [0, 0.1) is 6.92 Å². The second-order valence-electron chi connectivity index (χ2n) is 8.79. The number of likely N-dealkylation sites (tertiary alicyclic amines) is 1. The van der Waals surface area contributed by atoms with E-state index in [1.165, 1.54) is 5.56 Å². The number of nitrogens with one attached hydrogen (secondary N) is 2. The SMILES string of the molecule is Cc1cc(NC(=O)C(=O)NCCCN(C)CCCN)n(C2CCN(Cc3ccccc3)C2)n1. The minimum absolute atomic E-state index is 0.157. The number of hydrogen-bond acceptors (Lipinski definition) is 6. The first-order valence-electron chi connectivity index (χ1n) is 11.8. The third-order valence-corrected chi connectivity index (χ3v) is 5.89. The Morgan fingerprint density at radius 3 is 2.70 bits per heavy atom. The number of rotatable bonds is 11. The number of nitrogens with two attached hydrogens (primary N) is 1. The number of aryl methyl sites for hydroxylation is 1. The Hall–Kier alpha value is -2.75. The summed E-state index contributed by atoms with van der Waals surface area (Å²) in [7, 11) is 2.03. The van der Waals surface area contributed by atoms with Crippen molar-refractivity contribution in [1.29, 1.82) is 0 Å². The number of aromatic nitrogens is 2. The van der Waals surface area contributed by atoms with E-state index in [0.717, 1.165) is 57.7 Å². The number of benzene rings is 1. The highest BCUT2D eigenvalue weighted by Crippen LogP contribution is 2.26. The lowest BCUT2D eigenvalue weighted by atomic mass is 10.2. The van der Waals surface area contributed by atoms with Crippen LogP contribution in [0.2, 0.25) is 0 Å². The summed E-state index contributed by atoms with van der Waals surface area (Å²) in [6.45, 7) is 7.49. The molecule has 0 saturated carbocycles. The van der Waals surface area contributed by atoms with Gasteiger partial charge in [-0.15, -0.1) is 0 Å². The Morgan fingerprint density at radius 2 is 1.94 bits per heavy atom. The summed E-state index contributed by atoms with van der Waals surface area (Å²) in [5, 5.41) is 10.1. The van der Waals surface area contributed by atoms with Crippen LogP contribution in [0.5, 0.6) is 0 Å². The van der Waals surface area contributed by atoms with Gasteiger partial charge in [0.15, 0.2) is 0 Å². The Bertz CT molecular complexity index is 899. The molecule has 3 rings (SSSR count). The lowest BCUT2D eigenvalue weighted by Crippen LogP contribution is -2.37. The van der Waals surface area contributed by atoms with Crippen molar-refractivity contribution in [3.8, 4) is 0 Å². The minimum Gasteiger partial charge on any atom is -0.348 e. The molecule has 1 fully saturated rings. The van der Waals surface area contributed by atoms with Crippen LogP contribution >= 0.6 is 0 Å². The van der Waals surface area contributed by atoms with Crippen molar-refractivity contribution in [3.05, 3.63) is 47.7 Å². The Morgan fingerprint density at radius 1 is 1.18 bits per heavy atom. The highest BCUT2D eigenvalue weighted by atomic mass is 16.2. The normalized spacial score (nSPS) is 16.3. The van der Waals surface area contributed by atoms with E-state index >= 15 is 0 Å². The maximum Gasteiger partial charge on any atom is 0.314 e. The molecular formula is C24H37N7O2. The van der Waals surface area contributed by atoms with Gasteiger partial charge in [0.2, 0.25) is 0 Å². The number of nitrogens with zero attached hydrogens (tertiary/aromatic N) is 4. The zero-order chi connectivity index (χ0) is 23.6. The molecule has 2 aromatic rings. The largest absolute Gasteiger partial charge is 0.348 e. The standard InChI is InChI=1S/C24H37N7O2/c1-19-16-22(27-24(33)23(32)26-12-7-14-29(2)13-6-11-25)31(28-19)21-10-15-30(18-21)17-20-8-4-3-5-9-20/h3-5,8-9,16,21H,6-7,10-15,17-18,25H2,1-2H3,(H,26,32)(H,27,33). The molecule has 1 aromatic carbocycles. The van der Waals surface area contributed by atoms with Crippen molar-refractivity contribution in [1.82, 2.24) is 24.9 Å². The summed E-state index contributed by atoms with van der Waals surface area (Å²) in [6, 6.07) is 12.4. The van der Waals surface area contributed by atoms with Crippen LogP contribution in [0.4, 0.5) is 5.82 Å². The van der Waals surface area contributed by atoms with Crippen LogP contribution in [0.3, 0.4) is 0 Å². The lowest BCUT2D eigenvalue weighted by Gasteiger charge is -2.18. The molecule has 0 radical (unpaired) electrons. The molecule has 1 aliphatic heterocycles. The van der Waals surface area contributed by atoms with E-state index in [9.17, 15) is 9.59 Å². The Balaban J connectivity index is 1.48. The molecule has 2 heterocycles. The van der Waals surface area contributed by atoms with E-state index in [1.807, 2.05) is 30.8 Å². The molecule has 1 aliphatic rings. The van der Waals surface area contributed by atoms with Gasteiger partial charge >= 0.3 is 11.8 Å². The molecule has 9 heteroatoms. The van der Waals surface area contributed by atoms with E-state index < -0.39 is 11.8 Å². The number of amides is 2. The fourth-order valence-corrected chi connectivity index (χ4v) is 4.16. The minimum atomic E-state index is -0.660. The first kappa shape index (κ1) is 24.9. The first-order valence-corrected chi connectivity index (χ1v) is 11.8. The van der Waals surface area contributed by atoms with Gasteiger partial charge in [-0.05, 0) is 58.4 Å². The third-order valence-electron chi connectivity index (χ3n) is 5.89. The molecule has 1 atom stereocenters. The summed E-state index contributed by atoms with van der Waals surface area (Å²) in [4.78, 5) is 29.3. The predicted molar refractivity (Wildman–Crippen MR) is 130 cm³/mol. The summed E-state index contributed by atoms with van der Waals surface area (Å²) in [5.41, 5.74) is 7.62. The maximum absolute atomic E-state index is 12.5. The highest BCUT2D eigenvalue weighted by molar-refractivity contribution is 6.39. The van der Waals surface area contributed by atoms with Crippen molar-refractivity contribution in [2.24, 2.45) is 5.73 Å². The zero-order valence-corrected chi connectivity index (χ0v) is 19.8. The van der Waals surface area contributed by atoms with Crippen LogP contribution in [-0.2, 0) is 16.1 Å². The van der Waals surface area contributed by atoms with Gasteiger partial charge in [-0.25, -0.2) is 4.68 Å². The molecule has 1 saturated heterocycles. The molecule has 0 spiro atoms. The van der Waals surface area contributed by atoms with E-state index in [1.54, 1.807) is 0 Å². The van der Waals surface area contributed by atoms with Gasteiger partial charge in [0.05, 0.1) is 11.7 Å². The molecule has 33 heavy (non-hydrogen) atoms. The number of carbonyl (C=O) groups is 2. The van der Waals surface area contributed by atoms with Crippen LogP contribution in [0.15, 0.2) is 36.4 Å². The number of anilines is 1. The fourth-order valence-electron chi connectivity index (χ4n) is 4.16. The van der Waals surface area contributed by atoms with Crippen molar-refractivity contribution in [3.63, 3.8) is 0 Å². The van der Waals surface area contributed by atoms with E-state index in [2.05, 4.69) is 49.8 Å². The van der Waals surface area contributed by atoms with Crippen molar-refractivity contribution < 1.29 is 9.59 Å². The monoisotopic (exact) mass is 455 g/mol. The molecule has 9 nitrogen and oxygen atoms in total. The van der Waals surface area contributed by atoms with Crippen LogP contribution in [-0.4, -0.2) is 77.7 Å². The molecule has 1 unspecified atom stereocenters. The van der Waals surface area contributed by atoms with Crippen LogP contribution in [0.1, 0.15) is 36.6 Å². The first-order chi connectivity index (χ1) is 16.0. The summed E-state index contributed by atoms with van der Waals surface area (Å²) >= 11 is 0. The van der Waals surface area contributed by atoms with Gasteiger partial charge in [0, 0.05) is 32.2 Å². The van der Waals surface area contributed by atoms with Gasteiger partial charge in [-0.1, -0.05) is 30.3 Å². The molecule has 1 aromatic heterocycles. The lowest BCUT2D eigenvalue weighted by molar-refractivity contribution is -0.136. The maximum atomic E-state index is 12.5. The van der Waals surface area contributed by atoms with Crippen LogP contribution < -0.4 is 16.4 Å². The third kappa shape index (κ3) is 7.66. The topological polar surface area (TPSA) is 109 Å². The quantitative estimate of drug-likeness (QED) is 0.349. The summed E-state index contributed by atoms with van der Waals surface area (Å²) < 4.78 is 1.86. The van der Waals surface area contributed by atoms with Gasteiger partial charge in [-0.3, -0.25) is 14.5 Å². The second kappa shape index (κ2) is 12.5. The molecule has 0 bridgehead atoms. The molecule has 4 N–H and O–H groups in total. The van der Waals surface area contributed by atoms with Gasteiger partial charge in [0.1, 0.15) is 5.82 Å². The van der Waals surface area contributed by atoms with Crippen molar-refractivity contribution in [2.75, 3.05) is 51.6 Å². The fraction of sp³-hybridized carbons (Fsp3) is 0.542. The summed E-state index contributed by atoms with van der Waals surface area (Å²) in [6.07, 6.45) is 2.67. The number of hydrogen-bond donors (Lipinski definition) is 3. The highest BCUT2D eigenvalue weighted by Gasteiger charge is 2.27. The van der Waals surface area contributed by atoms with Crippen molar-refractivity contribution in [2.45, 2.75) is 38.8 Å². The van der Waals surface area contributed by atoms with E-state index in [0.29, 0.717) is 18.9 Å². The van der Waals surface area contributed by atoms with Crippen LogP contribution in [0.25, 0.3) is 0 Å². The van der Waals surface area contributed by atoms with E-state index in [-0.39, 0.29) is 6.04 Å². The van der Waals surface area contributed by atoms with Gasteiger partial charge in [0.25, 0.3) is 0 Å². The second-order valence-corrected chi connectivity index (χ2v) is 8.79. The smallest absolute Gasteiger partial charge is 0.314 e. The molecule has 2 amide bonds. The zero-order valence-electron chi connectivity index (χ0n) is 19.8. The molecule has 180 valence electrons. The average Bonchev–Trinajstić information content (AvgIpc) is 3.41. The predicted octanol–water partition coefficient (Wildman–Crippen LogP) is 1.36. The Labute approximate surface area is 196 Å². The Kier molecular flexibility index (Phi) is 9.41. The van der Waals surface area contributed by atoms with Gasteiger partial charge in [-0.2, -0.15) is 5.10 Å². The molecular weight excluding hydrogens is 418 g/mol.